The number of benzene rings is 2. The van der Waals surface area contributed by atoms with Gasteiger partial charge in [-0.1, -0.05) is 24.3 Å². The van der Waals surface area contributed by atoms with Crippen molar-refractivity contribution in [3.05, 3.63) is 83.4 Å². The fraction of sp³-hybridized carbons (Fsp3) is 0.385. The number of hydrogen-bond donors (Lipinski definition) is 3. The van der Waals surface area contributed by atoms with Crippen LogP contribution < -0.4 is 5.32 Å². The van der Waals surface area contributed by atoms with Crippen LogP contribution in [0.5, 0.6) is 0 Å². The first-order chi connectivity index (χ1) is 19.0. The minimum absolute atomic E-state index is 0.0606. The van der Waals surface area contributed by atoms with Crippen LogP contribution in [0, 0.1) is 16.5 Å². The van der Waals surface area contributed by atoms with Gasteiger partial charge in [-0.3, -0.25) is 9.89 Å². The van der Waals surface area contributed by atoms with E-state index in [2.05, 4.69) is 15.5 Å². The van der Waals surface area contributed by atoms with Crippen molar-refractivity contribution in [2.75, 3.05) is 0 Å². The summed E-state index contributed by atoms with van der Waals surface area (Å²) in [5, 5.41) is 9.11. The van der Waals surface area contributed by atoms with E-state index in [1.54, 1.807) is 6.20 Å². The van der Waals surface area contributed by atoms with Gasteiger partial charge in [0.15, 0.2) is 0 Å². The van der Waals surface area contributed by atoms with Crippen molar-refractivity contribution in [2.24, 2.45) is 5.92 Å². The summed E-state index contributed by atoms with van der Waals surface area (Å²) >= 11 is 0. The molecule has 0 bridgehead atoms. The molecule has 3 N–H and O–H groups in total. The van der Waals surface area contributed by atoms with E-state index in [1.807, 2.05) is 0 Å². The fourth-order valence-corrected chi connectivity index (χ4v) is 7.39. The largest absolute Gasteiger partial charge is 0.435 e. The molecule has 1 amide bonds. The number of alkyl halides is 7. The molecule has 1 aliphatic carbocycles. The number of nitrogens with zero attached hydrogens (tertiary/aromatic N) is 1. The van der Waals surface area contributed by atoms with Gasteiger partial charge in [-0.15, -0.1) is 0 Å². The predicted molar refractivity (Wildman–Crippen MR) is 131 cm³/mol. The highest BCUT2D eigenvalue weighted by molar-refractivity contribution is 7.93. The molecule has 6 nitrogen and oxygen atoms in total. The SMILES string of the molecule is N=S(=O)(c1ccc(F)cc1)C1(c2ccc(C(F)(C(F)(F)F)C(F)(F)F)cc2)CCC(C(=O)NCc2cn[nH]c2)CC1. The molecule has 1 unspecified atom stereocenters. The topological polar surface area (TPSA) is 98.7 Å². The molecule has 222 valence electrons. The summed E-state index contributed by atoms with van der Waals surface area (Å²) in [4.78, 5) is 12.7. The van der Waals surface area contributed by atoms with Gasteiger partial charge in [0.25, 0.3) is 0 Å². The maximum Gasteiger partial charge on any atom is 0.435 e. The Balaban J connectivity index is 1.70. The average Bonchev–Trinajstić information content (AvgIpc) is 3.44. The standard InChI is InChI=1S/C26H24F8N4O2S/c27-20-5-7-21(8-6-20)41(35,40)23(11-9-17(10-12-23)22(39)36-13-16-14-37-38-15-16)18-1-3-19(4-2-18)24(28,25(29,30)31)26(32,33)34/h1-8,14-15,17,35H,9-13H2,(H,36,39)(H,37,38). The number of nitrogens with one attached hydrogen (secondary N) is 3. The minimum atomic E-state index is -6.32. The summed E-state index contributed by atoms with van der Waals surface area (Å²) in [5.41, 5.74) is -6.73. The molecule has 1 fully saturated rings. The monoisotopic (exact) mass is 608 g/mol. The molecule has 1 saturated carbocycles. The summed E-state index contributed by atoms with van der Waals surface area (Å²) in [6.07, 6.45) is -9.62. The van der Waals surface area contributed by atoms with Crippen molar-refractivity contribution in [3.63, 3.8) is 0 Å². The highest BCUT2D eigenvalue weighted by atomic mass is 32.2. The lowest BCUT2D eigenvalue weighted by molar-refractivity contribution is -0.348. The maximum atomic E-state index is 14.6. The third-order valence-corrected chi connectivity index (χ3v) is 10.2. The first-order valence-corrected chi connectivity index (χ1v) is 13.8. The van der Waals surface area contributed by atoms with Gasteiger partial charge in [-0.05, 0) is 55.5 Å². The maximum absolute atomic E-state index is 14.6. The molecule has 0 spiro atoms. The van der Waals surface area contributed by atoms with E-state index >= 15 is 0 Å². The van der Waals surface area contributed by atoms with Crippen molar-refractivity contribution >= 4 is 15.6 Å². The van der Waals surface area contributed by atoms with Crippen molar-refractivity contribution in [2.45, 2.75) is 59.9 Å². The van der Waals surface area contributed by atoms with Crippen LogP contribution in [0.25, 0.3) is 0 Å². The second-order valence-electron chi connectivity index (χ2n) is 9.83. The Bertz CT molecular complexity index is 1450. The van der Waals surface area contributed by atoms with E-state index in [0.717, 1.165) is 36.4 Å². The van der Waals surface area contributed by atoms with Gasteiger partial charge < -0.3 is 5.32 Å². The third-order valence-electron chi connectivity index (χ3n) is 7.47. The smallest absolute Gasteiger partial charge is 0.352 e. The molecule has 0 radical (unpaired) electrons. The van der Waals surface area contributed by atoms with E-state index in [0.29, 0.717) is 17.7 Å². The molecule has 1 aliphatic rings. The molecule has 1 atom stereocenters. The summed E-state index contributed by atoms with van der Waals surface area (Å²) in [6.45, 7) is 0.173. The van der Waals surface area contributed by atoms with Crippen molar-refractivity contribution in [1.29, 1.82) is 4.78 Å². The molecule has 0 saturated heterocycles. The first kappa shape index (κ1) is 30.5. The number of carbonyl (C=O) groups excluding carboxylic acids is 1. The van der Waals surface area contributed by atoms with Crippen LogP contribution in [-0.2, 0) is 31.5 Å². The zero-order valence-electron chi connectivity index (χ0n) is 21.1. The number of aromatic amines is 1. The van der Waals surface area contributed by atoms with Crippen molar-refractivity contribution < 1.29 is 44.1 Å². The van der Waals surface area contributed by atoms with Crippen molar-refractivity contribution in [3.8, 4) is 0 Å². The van der Waals surface area contributed by atoms with Gasteiger partial charge >= 0.3 is 18.0 Å². The fourth-order valence-electron chi connectivity index (χ4n) is 5.14. The van der Waals surface area contributed by atoms with Crippen molar-refractivity contribution in [1.82, 2.24) is 15.5 Å². The second kappa shape index (κ2) is 10.7. The molecule has 1 heterocycles. The Morgan fingerprint density at radius 2 is 1.54 bits per heavy atom. The molecule has 2 aromatic carbocycles. The van der Waals surface area contributed by atoms with Crippen LogP contribution in [0.4, 0.5) is 35.1 Å². The lowest BCUT2D eigenvalue weighted by atomic mass is 9.77. The highest BCUT2D eigenvalue weighted by Gasteiger charge is 2.73. The number of halogens is 8. The van der Waals surface area contributed by atoms with E-state index in [-0.39, 0.29) is 48.6 Å². The summed E-state index contributed by atoms with van der Waals surface area (Å²) in [6, 6.07) is 6.42. The second-order valence-corrected chi connectivity index (χ2v) is 12.2. The number of hydrogen-bond acceptors (Lipinski definition) is 4. The van der Waals surface area contributed by atoms with E-state index in [4.69, 9.17) is 4.78 Å². The third kappa shape index (κ3) is 5.43. The quantitative estimate of drug-likeness (QED) is 0.262. The Morgan fingerprint density at radius 3 is 2.02 bits per heavy atom. The van der Waals surface area contributed by atoms with Crippen LogP contribution in [0.15, 0.2) is 65.8 Å². The van der Waals surface area contributed by atoms with Gasteiger partial charge in [0.1, 0.15) is 5.82 Å². The lowest BCUT2D eigenvalue weighted by Gasteiger charge is -2.41. The molecule has 3 aromatic rings. The van der Waals surface area contributed by atoms with Crippen LogP contribution >= 0.6 is 0 Å². The minimum Gasteiger partial charge on any atom is -0.352 e. The van der Waals surface area contributed by atoms with Gasteiger partial charge in [-0.25, -0.2) is 17.8 Å². The summed E-state index contributed by atoms with van der Waals surface area (Å²) in [7, 11) is -3.94. The zero-order chi connectivity index (χ0) is 30.3. The number of rotatable bonds is 7. The average molecular weight is 609 g/mol. The van der Waals surface area contributed by atoms with E-state index < -0.39 is 49.8 Å². The predicted octanol–water partition coefficient (Wildman–Crippen LogP) is 6.65. The molecular formula is C26H24F8N4O2S. The normalized spacial score (nSPS) is 21.7. The number of aromatic nitrogens is 2. The van der Waals surface area contributed by atoms with E-state index in [9.17, 15) is 44.1 Å². The van der Waals surface area contributed by atoms with Crippen LogP contribution in [0.1, 0.15) is 42.4 Å². The van der Waals surface area contributed by atoms with Gasteiger partial charge in [0.2, 0.25) is 5.91 Å². The Morgan fingerprint density at radius 1 is 0.976 bits per heavy atom. The van der Waals surface area contributed by atoms with Crippen LogP contribution in [0.3, 0.4) is 0 Å². The molecule has 1 aromatic heterocycles. The van der Waals surface area contributed by atoms with Gasteiger partial charge in [-0.2, -0.15) is 31.4 Å². The van der Waals surface area contributed by atoms with E-state index in [1.165, 1.54) is 6.20 Å². The Hall–Kier alpha value is -3.49. The summed E-state index contributed by atoms with van der Waals surface area (Å²) < 4.78 is 129. The van der Waals surface area contributed by atoms with Gasteiger partial charge in [0.05, 0.1) is 20.7 Å². The number of amides is 1. The molecule has 4 rings (SSSR count). The summed E-state index contributed by atoms with van der Waals surface area (Å²) in [5.74, 6) is -1.61. The molecule has 41 heavy (non-hydrogen) atoms. The Kier molecular flexibility index (Phi) is 7.97. The van der Waals surface area contributed by atoms with Crippen LogP contribution in [0.2, 0.25) is 0 Å². The first-order valence-electron chi connectivity index (χ1n) is 12.3. The Labute approximate surface area is 229 Å². The van der Waals surface area contributed by atoms with Crippen LogP contribution in [-0.4, -0.2) is 32.7 Å². The molecule has 0 aliphatic heterocycles. The highest BCUT2D eigenvalue weighted by Crippen LogP contribution is 2.54. The molecular weight excluding hydrogens is 584 g/mol. The number of H-pyrrole nitrogens is 1. The molecule has 15 heteroatoms. The zero-order valence-corrected chi connectivity index (χ0v) is 21.9. The van der Waals surface area contributed by atoms with Gasteiger partial charge in [0, 0.05) is 34.7 Å². The lowest BCUT2D eigenvalue weighted by Crippen LogP contribution is -2.50. The number of carbonyl (C=O) groups is 1.